The van der Waals surface area contributed by atoms with Crippen molar-refractivity contribution in [2.45, 2.75) is 31.6 Å². The first-order valence-electron chi connectivity index (χ1n) is 11.8. The highest BCUT2D eigenvalue weighted by atomic mass is 19.4. The molecule has 5 rings (SSSR count). The Balaban J connectivity index is 1.56. The second kappa shape index (κ2) is 9.83. The number of carbonyl (C=O) groups is 1. The molecule has 0 saturated carbocycles. The Morgan fingerprint density at radius 1 is 0.974 bits per heavy atom. The maximum absolute atomic E-state index is 13.5. The van der Waals surface area contributed by atoms with Crippen LogP contribution in [-0.2, 0) is 12.4 Å². The fourth-order valence-electron chi connectivity index (χ4n) is 4.65. The van der Waals surface area contributed by atoms with Crippen LogP contribution in [0, 0.1) is 6.92 Å². The minimum Gasteiger partial charge on any atom is -0.339 e. The molecule has 39 heavy (non-hydrogen) atoms. The van der Waals surface area contributed by atoms with Gasteiger partial charge in [0.1, 0.15) is 0 Å². The third-order valence-corrected chi connectivity index (χ3v) is 6.56. The summed E-state index contributed by atoms with van der Waals surface area (Å²) in [7, 11) is 0. The fourth-order valence-corrected chi connectivity index (χ4v) is 4.65. The third kappa shape index (κ3) is 5.50. The Bertz CT molecular complexity index is 1480. The molecule has 2 aromatic heterocycles. The highest BCUT2D eigenvalue weighted by molar-refractivity contribution is 5.97. The zero-order chi connectivity index (χ0) is 27.9. The molecule has 6 nitrogen and oxygen atoms in total. The van der Waals surface area contributed by atoms with Crippen molar-refractivity contribution in [2.24, 2.45) is 0 Å². The second-order valence-corrected chi connectivity index (χ2v) is 9.22. The number of rotatable bonds is 4. The van der Waals surface area contributed by atoms with Crippen molar-refractivity contribution < 1.29 is 35.7 Å². The van der Waals surface area contributed by atoms with Crippen LogP contribution in [0.5, 0.6) is 0 Å². The van der Waals surface area contributed by atoms with E-state index in [9.17, 15) is 31.1 Å². The van der Waals surface area contributed by atoms with Crippen LogP contribution in [0.15, 0.2) is 65.4 Å². The highest BCUT2D eigenvalue weighted by Gasteiger charge is 2.37. The standard InChI is InChI=1S/C27H20F6N4O2/c1-15-35-24(36-39-15)23-11-16(25(38)37-8-6-18(14-37)17-3-2-7-34-13-17)4-5-22(23)19-9-20(26(28,29)30)12-21(10-19)27(31,32)33/h2-5,7,9-13,18H,6,8,14H2,1H3. The van der Waals surface area contributed by atoms with E-state index >= 15 is 0 Å². The number of hydrogen-bond acceptors (Lipinski definition) is 5. The largest absolute Gasteiger partial charge is 0.416 e. The van der Waals surface area contributed by atoms with E-state index in [1.54, 1.807) is 17.3 Å². The maximum Gasteiger partial charge on any atom is 0.416 e. The second-order valence-electron chi connectivity index (χ2n) is 9.22. The molecule has 1 saturated heterocycles. The summed E-state index contributed by atoms with van der Waals surface area (Å²) < 4.78 is 86.1. The van der Waals surface area contributed by atoms with Gasteiger partial charge in [0, 0.05) is 49.5 Å². The summed E-state index contributed by atoms with van der Waals surface area (Å²) in [4.78, 5) is 23.2. The average molecular weight is 546 g/mol. The minimum absolute atomic E-state index is 0.0152. The Morgan fingerprint density at radius 3 is 2.28 bits per heavy atom. The zero-order valence-corrected chi connectivity index (χ0v) is 20.3. The summed E-state index contributed by atoms with van der Waals surface area (Å²) >= 11 is 0. The predicted molar refractivity (Wildman–Crippen MR) is 127 cm³/mol. The lowest BCUT2D eigenvalue weighted by Gasteiger charge is -2.19. The van der Waals surface area contributed by atoms with Crippen molar-refractivity contribution in [1.29, 1.82) is 0 Å². The predicted octanol–water partition coefficient (Wildman–Crippen LogP) is 6.77. The number of benzene rings is 2. The summed E-state index contributed by atoms with van der Waals surface area (Å²) in [5.41, 5.74) is -2.04. The third-order valence-electron chi connectivity index (χ3n) is 6.56. The number of pyridine rings is 1. The number of likely N-dealkylation sites (tertiary alicyclic amines) is 1. The average Bonchev–Trinajstić information content (AvgIpc) is 3.57. The van der Waals surface area contributed by atoms with Gasteiger partial charge in [0.15, 0.2) is 0 Å². The van der Waals surface area contributed by atoms with Crippen LogP contribution in [0.3, 0.4) is 0 Å². The smallest absolute Gasteiger partial charge is 0.339 e. The molecule has 1 aliphatic rings. The molecule has 12 heteroatoms. The van der Waals surface area contributed by atoms with Crippen molar-refractivity contribution in [2.75, 3.05) is 13.1 Å². The van der Waals surface area contributed by atoms with Crippen LogP contribution in [0.1, 0.15) is 45.3 Å². The van der Waals surface area contributed by atoms with Gasteiger partial charge in [0.25, 0.3) is 5.91 Å². The van der Waals surface area contributed by atoms with Gasteiger partial charge in [-0.15, -0.1) is 0 Å². The molecule has 0 radical (unpaired) electrons. The Hall–Kier alpha value is -4.22. The van der Waals surface area contributed by atoms with E-state index in [4.69, 9.17) is 4.52 Å². The van der Waals surface area contributed by atoms with E-state index in [0.29, 0.717) is 25.2 Å². The first-order chi connectivity index (χ1) is 18.4. The quantitative estimate of drug-likeness (QED) is 0.264. The van der Waals surface area contributed by atoms with Crippen molar-refractivity contribution in [1.82, 2.24) is 20.0 Å². The summed E-state index contributed by atoms with van der Waals surface area (Å²) in [5, 5.41) is 3.80. The van der Waals surface area contributed by atoms with Crippen molar-refractivity contribution in [3.05, 3.63) is 89.1 Å². The molecular formula is C27H20F6N4O2. The molecule has 1 fully saturated rings. The van der Waals surface area contributed by atoms with Gasteiger partial charge in [-0.2, -0.15) is 31.3 Å². The summed E-state index contributed by atoms with van der Waals surface area (Å²) in [5.74, 6) is -0.189. The van der Waals surface area contributed by atoms with Crippen LogP contribution >= 0.6 is 0 Å². The number of aromatic nitrogens is 3. The number of hydrogen-bond donors (Lipinski definition) is 0. The molecule has 202 valence electrons. The van der Waals surface area contributed by atoms with E-state index < -0.39 is 23.5 Å². The summed E-state index contributed by atoms with van der Waals surface area (Å²) in [6.07, 6.45) is -5.91. The van der Waals surface area contributed by atoms with E-state index in [1.165, 1.54) is 25.1 Å². The highest BCUT2D eigenvalue weighted by Crippen LogP contribution is 2.41. The van der Waals surface area contributed by atoms with E-state index in [1.807, 2.05) is 12.1 Å². The zero-order valence-electron chi connectivity index (χ0n) is 20.3. The Labute approximate surface area is 218 Å². The lowest BCUT2D eigenvalue weighted by atomic mass is 9.93. The van der Waals surface area contributed by atoms with Gasteiger partial charge in [0.2, 0.25) is 11.7 Å². The molecular weight excluding hydrogens is 526 g/mol. The van der Waals surface area contributed by atoms with Gasteiger partial charge < -0.3 is 9.42 Å². The normalized spacial score (nSPS) is 16.1. The summed E-state index contributed by atoms with van der Waals surface area (Å²) in [6, 6.07) is 9.11. The number of amides is 1. The van der Waals surface area contributed by atoms with Gasteiger partial charge in [-0.1, -0.05) is 17.3 Å². The number of nitrogens with zero attached hydrogens (tertiary/aromatic N) is 4. The van der Waals surface area contributed by atoms with Crippen LogP contribution in [0.2, 0.25) is 0 Å². The van der Waals surface area contributed by atoms with Crippen molar-refractivity contribution in [3.8, 4) is 22.5 Å². The van der Waals surface area contributed by atoms with Crippen LogP contribution < -0.4 is 0 Å². The van der Waals surface area contributed by atoms with Crippen molar-refractivity contribution >= 4 is 5.91 Å². The molecule has 1 unspecified atom stereocenters. The number of halogens is 6. The fraction of sp³-hybridized carbons (Fsp3) is 0.259. The number of carbonyl (C=O) groups excluding carboxylic acids is 1. The molecule has 1 amide bonds. The molecule has 1 atom stereocenters. The SMILES string of the molecule is Cc1nc(-c2cc(C(=O)N3CCC(c4cccnc4)C3)ccc2-c2cc(C(F)(F)F)cc(C(F)(F)F)c2)no1. The van der Waals surface area contributed by atoms with Crippen LogP contribution in [-0.4, -0.2) is 39.0 Å². The Morgan fingerprint density at radius 2 is 1.69 bits per heavy atom. The van der Waals surface area contributed by atoms with Crippen LogP contribution in [0.25, 0.3) is 22.5 Å². The molecule has 4 aromatic rings. The maximum atomic E-state index is 13.5. The van der Waals surface area contributed by atoms with Gasteiger partial charge >= 0.3 is 12.4 Å². The number of aryl methyl sites for hydroxylation is 1. The lowest BCUT2D eigenvalue weighted by Crippen LogP contribution is -2.28. The van der Waals surface area contributed by atoms with Gasteiger partial charge in [0.05, 0.1) is 11.1 Å². The minimum atomic E-state index is -5.02. The summed E-state index contributed by atoms with van der Waals surface area (Å²) in [6.45, 7) is 2.39. The molecule has 0 aliphatic carbocycles. The van der Waals surface area contributed by atoms with Crippen molar-refractivity contribution in [3.63, 3.8) is 0 Å². The molecule has 0 N–H and O–H groups in total. The Kier molecular flexibility index (Phi) is 6.65. The van der Waals surface area contributed by atoms with E-state index in [2.05, 4.69) is 15.1 Å². The van der Waals surface area contributed by atoms with E-state index in [-0.39, 0.29) is 51.9 Å². The molecule has 2 aromatic carbocycles. The van der Waals surface area contributed by atoms with Gasteiger partial charge in [-0.3, -0.25) is 9.78 Å². The first kappa shape index (κ1) is 26.4. The topological polar surface area (TPSA) is 72.1 Å². The molecule has 3 heterocycles. The van der Waals surface area contributed by atoms with Gasteiger partial charge in [-0.25, -0.2) is 0 Å². The van der Waals surface area contributed by atoms with E-state index in [0.717, 1.165) is 12.0 Å². The molecule has 1 aliphatic heterocycles. The van der Waals surface area contributed by atoms with Crippen LogP contribution in [0.4, 0.5) is 26.3 Å². The monoisotopic (exact) mass is 546 g/mol. The van der Waals surface area contributed by atoms with Gasteiger partial charge in [-0.05, 0) is 59.5 Å². The molecule has 0 spiro atoms. The lowest BCUT2D eigenvalue weighted by molar-refractivity contribution is -0.143. The first-order valence-corrected chi connectivity index (χ1v) is 11.8. The molecule has 0 bridgehead atoms. The number of alkyl halides is 6.